The highest BCUT2D eigenvalue weighted by molar-refractivity contribution is 5.95. The smallest absolute Gasteiger partial charge is 0.262 e. The Balaban J connectivity index is 1.49. The molecular weight excluding hydrogens is 320 g/mol. The Kier molecular flexibility index (Phi) is 5.18. The van der Waals surface area contributed by atoms with Crippen molar-refractivity contribution < 1.29 is 19.1 Å². The van der Waals surface area contributed by atoms with Crippen molar-refractivity contribution in [1.82, 2.24) is 5.32 Å². The SMILES string of the molecule is COc1ccc(CCNC(=O)Cc2ccc3c(c2)NC(=O)CO3)cc1. The summed E-state index contributed by atoms with van der Waals surface area (Å²) >= 11 is 0. The monoisotopic (exact) mass is 340 g/mol. The number of ether oxygens (including phenoxy) is 2. The summed E-state index contributed by atoms with van der Waals surface area (Å²) in [6, 6.07) is 13.2. The minimum absolute atomic E-state index is 0.0260. The molecule has 0 spiro atoms. The van der Waals surface area contributed by atoms with E-state index in [4.69, 9.17) is 9.47 Å². The Hall–Kier alpha value is -3.02. The molecule has 6 nitrogen and oxygen atoms in total. The predicted octanol–water partition coefficient (Wildman–Crippen LogP) is 1.93. The average molecular weight is 340 g/mol. The molecule has 6 heteroatoms. The molecule has 0 atom stereocenters. The van der Waals surface area contributed by atoms with Crippen molar-refractivity contribution in [3.8, 4) is 11.5 Å². The van der Waals surface area contributed by atoms with Gasteiger partial charge in [0.1, 0.15) is 11.5 Å². The molecule has 0 fully saturated rings. The maximum Gasteiger partial charge on any atom is 0.262 e. The first-order chi connectivity index (χ1) is 12.1. The number of hydrogen-bond donors (Lipinski definition) is 2. The van der Waals surface area contributed by atoms with Crippen LogP contribution in [0.25, 0.3) is 0 Å². The fraction of sp³-hybridized carbons (Fsp3) is 0.263. The lowest BCUT2D eigenvalue weighted by molar-refractivity contribution is -0.120. The molecule has 0 radical (unpaired) electrons. The maximum absolute atomic E-state index is 12.1. The number of hydrogen-bond acceptors (Lipinski definition) is 4. The van der Waals surface area contributed by atoms with E-state index in [0.29, 0.717) is 18.0 Å². The lowest BCUT2D eigenvalue weighted by Gasteiger charge is -2.18. The fourth-order valence-electron chi connectivity index (χ4n) is 2.63. The van der Waals surface area contributed by atoms with E-state index < -0.39 is 0 Å². The molecule has 1 aliphatic heterocycles. The molecule has 1 aliphatic rings. The molecule has 0 bridgehead atoms. The quantitative estimate of drug-likeness (QED) is 0.842. The molecule has 0 saturated heterocycles. The number of carbonyl (C=O) groups excluding carboxylic acids is 2. The van der Waals surface area contributed by atoms with E-state index in [1.165, 1.54) is 0 Å². The molecule has 25 heavy (non-hydrogen) atoms. The second-order valence-corrected chi connectivity index (χ2v) is 5.79. The van der Waals surface area contributed by atoms with Crippen molar-refractivity contribution >= 4 is 17.5 Å². The van der Waals surface area contributed by atoms with Crippen LogP contribution in [0, 0.1) is 0 Å². The molecular formula is C19H20N2O4. The normalized spacial score (nSPS) is 12.6. The second kappa shape index (κ2) is 7.70. The molecule has 2 aromatic rings. The zero-order chi connectivity index (χ0) is 17.6. The van der Waals surface area contributed by atoms with Gasteiger partial charge in [-0.2, -0.15) is 0 Å². The van der Waals surface area contributed by atoms with E-state index in [1.54, 1.807) is 19.2 Å². The van der Waals surface area contributed by atoms with E-state index in [1.807, 2.05) is 30.3 Å². The number of methoxy groups -OCH3 is 1. The van der Waals surface area contributed by atoms with Gasteiger partial charge in [-0.3, -0.25) is 9.59 Å². The second-order valence-electron chi connectivity index (χ2n) is 5.79. The maximum atomic E-state index is 12.1. The number of amides is 2. The summed E-state index contributed by atoms with van der Waals surface area (Å²) in [5.74, 6) is 1.20. The number of anilines is 1. The standard InChI is InChI=1S/C19H20N2O4/c1-24-15-5-2-13(3-6-15)8-9-20-18(22)11-14-4-7-17-16(10-14)21-19(23)12-25-17/h2-7,10H,8-9,11-12H2,1H3,(H,20,22)(H,21,23). The lowest BCUT2D eigenvalue weighted by atomic mass is 10.1. The van der Waals surface area contributed by atoms with Crippen molar-refractivity contribution in [1.29, 1.82) is 0 Å². The zero-order valence-corrected chi connectivity index (χ0v) is 14.0. The summed E-state index contributed by atoms with van der Waals surface area (Å²) in [5, 5.41) is 5.65. The molecule has 2 amide bonds. The van der Waals surface area contributed by atoms with Crippen LogP contribution in [-0.2, 0) is 22.4 Å². The third-order valence-electron chi connectivity index (χ3n) is 3.94. The third-order valence-corrected chi connectivity index (χ3v) is 3.94. The Morgan fingerprint density at radius 1 is 1.20 bits per heavy atom. The van der Waals surface area contributed by atoms with Crippen molar-refractivity contribution in [3.05, 3.63) is 53.6 Å². The van der Waals surface area contributed by atoms with Gasteiger partial charge < -0.3 is 20.1 Å². The summed E-state index contributed by atoms with van der Waals surface area (Å²) in [4.78, 5) is 23.4. The summed E-state index contributed by atoms with van der Waals surface area (Å²) in [6.07, 6.45) is 1.01. The Morgan fingerprint density at radius 2 is 1.96 bits per heavy atom. The van der Waals surface area contributed by atoms with Gasteiger partial charge in [0.05, 0.1) is 19.2 Å². The van der Waals surface area contributed by atoms with E-state index in [-0.39, 0.29) is 24.8 Å². The van der Waals surface area contributed by atoms with Gasteiger partial charge in [0.2, 0.25) is 5.91 Å². The highest BCUT2D eigenvalue weighted by atomic mass is 16.5. The average Bonchev–Trinajstić information content (AvgIpc) is 2.62. The number of benzene rings is 2. The van der Waals surface area contributed by atoms with Crippen LogP contribution >= 0.6 is 0 Å². The van der Waals surface area contributed by atoms with Crippen LogP contribution in [0.4, 0.5) is 5.69 Å². The highest BCUT2D eigenvalue weighted by Crippen LogP contribution is 2.28. The zero-order valence-electron chi connectivity index (χ0n) is 14.0. The van der Waals surface area contributed by atoms with E-state index >= 15 is 0 Å². The van der Waals surface area contributed by atoms with Crippen molar-refractivity contribution in [3.63, 3.8) is 0 Å². The minimum atomic E-state index is -0.186. The van der Waals surface area contributed by atoms with Gasteiger partial charge in [-0.15, -0.1) is 0 Å². The third kappa shape index (κ3) is 4.50. The number of fused-ring (bicyclic) bond motifs is 1. The van der Waals surface area contributed by atoms with Gasteiger partial charge >= 0.3 is 0 Å². The Morgan fingerprint density at radius 3 is 2.72 bits per heavy atom. The van der Waals surface area contributed by atoms with Gasteiger partial charge in [-0.1, -0.05) is 18.2 Å². The molecule has 3 rings (SSSR count). The molecule has 0 aliphatic carbocycles. The van der Waals surface area contributed by atoms with E-state index in [2.05, 4.69) is 10.6 Å². The van der Waals surface area contributed by atoms with Crippen LogP contribution in [0.5, 0.6) is 11.5 Å². The fourth-order valence-corrected chi connectivity index (χ4v) is 2.63. The van der Waals surface area contributed by atoms with Crippen LogP contribution in [0.3, 0.4) is 0 Å². The lowest BCUT2D eigenvalue weighted by Crippen LogP contribution is -2.28. The van der Waals surface area contributed by atoms with Crippen molar-refractivity contribution in [2.24, 2.45) is 0 Å². The van der Waals surface area contributed by atoms with Crippen LogP contribution in [-0.4, -0.2) is 32.1 Å². The molecule has 2 N–H and O–H groups in total. The molecule has 1 heterocycles. The highest BCUT2D eigenvalue weighted by Gasteiger charge is 2.16. The predicted molar refractivity (Wildman–Crippen MR) is 94.0 cm³/mol. The van der Waals surface area contributed by atoms with E-state index in [9.17, 15) is 9.59 Å². The minimum Gasteiger partial charge on any atom is -0.497 e. The topological polar surface area (TPSA) is 76.7 Å². The molecule has 0 saturated carbocycles. The van der Waals surface area contributed by atoms with Gasteiger partial charge in [0.15, 0.2) is 6.61 Å². The summed E-state index contributed by atoms with van der Waals surface area (Å²) in [6.45, 7) is 0.591. The van der Waals surface area contributed by atoms with Crippen LogP contribution < -0.4 is 20.1 Å². The molecule has 130 valence electrons. The van der Waals surface area contributed by atoms with Crippen LogP contribution in [0.2, 0.25) is 0 Å². The largest absolute Gasteiger partial charge is 0.497 e. The van der Waals surface area contributed by atoms with Gasteiger partial charge in [0, 0.05) is 6.54 Å². The number of rotatable bonds is 6. The Bertz CT molecular complexity index is 771. The first-order valence-corrected chi connectivity index (χ1v) is 8.09. The van der Waals surface area contributed by atoms with Crippen LogP contribution in [0.15, 0.2) is 42.5 Å². The van der Waals surface area contributed by atoms with Gasteiger partial charge in [0.25, 0.3) is 5.91 Å². The first-order valence-electron chi connectivity index (χ1n) is 8.09. The van der Waals surface area contributed by atoms with Gasteiger partial charge in [-0.05, 0) is 41.8 Å². The molecule has 0 aromatic heterocycles. The van der Waals surface area contributed by atoms with Gasteiger partial charge in [-0.25, -0.2) is 0 Å². The number of carbonyl (C=O) groups is 2. The number of nitrogens with one attached hydrogen (secondary N) is 2. The summed E-state index contributed by atoms with van der Waals surface area (Å²) in [7, 11) is 1.63. The Labute approximate surface area is 146 Å². The molecule has 2 aromatic carbocycles. The van der Waals surface area contributed by atoms with E-state index in [0.717, 1.165) is 23.3 Å². The summed E-state index contributed by atoms with van der Waals surface area (Å²) in [5.41, 5.74) is 2.57. The first kappa shape index (κ1) is 16.8. The van der Waals surface area contributed by atoms with Crippen molar-refractivity contribution in [2.45, 2.75) is 12.8 Å². The van der Waals surface area contributed by atoms with Crippen LogP contribution in [0.1, 0.15) is 11.1 Å². The molecule has 0 unspecified atom stereocenters. The summed E-state index contributed by atoms with van der Waals surface area (Å²) < 4.78 is 10.4. The van der Waals surface area contributed by atoms with Crippen molar-refractivity contribution in [2.75, 3.05) is 25.6 Å².